The Morgan fingerprint density at radius 1 is 1.31 bits per heavy atom. The molecule has 0 aliphatic carbocycles. The van der Waals surface area contributed by atoms with Crippen LogP contribution in [-0.2, 0) is 16.1 Å². The van der Waals surface area contributed by atoms with Gasteiger partial charge < -0.3 is 0 Å². The van der Waals surface area contributed by atoms with Gasteiger partial charge in [-0.3, -0.25) is 24.8 Å². The SMILES string of the molecule is Cc1ccc(CN2C(=O)NC(=O)C2=O)cn1. The van der Waals surface area contributed by atoms with E-state index in [9.17, 15) is 14.4 Å². The number of carbonyl (C=O) groups is 3. The van der Waals surface area contributed by atoms with E-state index in [-0.39, 0.29) is 6.54 Å². The summed E-state index contributed by atoms with van der Waals surface area (Å²) >= 11 is 0. The summed E-state index contributed by atoms with van der Waals surface area (Å²) in [4.78, 5) is 38.3. The van der Waals surface area contributed by atoms with Crippen molar-refractivity contribution in [2.75, 3.05) is 0 Å². The molecule has 1 saturated heterocycles. The van der Waals surface area contributed by atoms with Crippen LogP contribution in [0.5, 0.6) is 0 Å². The molecule has 0 atom stereocenters. The number of amides is 4. The fraction of sp³-hybridized carbons (Fsp3) is 0.200. The molecule has 0 bridgehead atoms. The Morgan fingerprint density at radius 2 is 2.06 bits per heavy atom. The van der Waals surface area contributed by atoms with Crippen molar-refractivity contribution in [3.8, 4) is 0 Å². The molecule has 6 nitrogen and oxygen atoms in total. The highest BCUT2D eigenvalue weighted by molar-refractivity contribution is 6.44. The van der Waals surface area contributed by atoms with Crippen molar-refractivity contribution < 1.29 is 14.4 Å². The van der Waals surface area contributed by atoms with Gasteiger partial charge in [-0.1, -0.05) is 6.07 Å². The molecule has 2 rings (SSSR count). The van der Waals surface area contributed by atoms with Crippen molar-refractivity contribution in [2.24, 2.45) is 0 Å². The molecule has 0 radical (unpaired) electrons. The number of carbonyl (C=O) groups excluding carboxylic acids is 3. The number of aryl methyl sites for hydroxylation is 1. The first kappa shape index (κ1) is 10.3. The van der Waals surface area contributed by atoms with Crippen LogP contribution in [0.1, 0.15) is 11.3 Å². The number of rotatable bonds is 2. The summed E-state index contributed by atoms with van der Waals surface area (Å²) in [6.45, 7) is 1.89. The van der Waals surface area contributed by atoms with Gasteiger partial charge in [-0.15, -0.1) is 0 Å². The van der Waals surface area contributed by atoms with E-state index in [2.05, 4.69) is 4.98 Å². The lowest BCUT2D eigenvalue weighted by Gasteiger charge is -2.10. The lowest BCUT2D eigenvalue weighted by molar-refractivity contribution is -0.140. The molecule has 1 aromatic rings. The summed E-state index contributed by atoms with van der Waals surface area (Å²) in [5.41, 5.74) is 1.54. The van der Waals surface area contributed by atoms with Crippen molar-refractivity contribution in [3.05, 3.63) is 29.6 Å². The average molecular weight is 219 g/mol. The van der Waals surface area contributed by atoms with Crippen LogP contribution in [0.4, 0.5) is 4.79 Å². The number of imide groups is 2. The summed E-state index contributed by atoms with van der Waals surface area (Å²) in [5.74, 6) is -1.71. The Morgan fingerprint density at radius 3 is 2.56 bits per heavy atom. The first-order valence-electron chi connectivity index (χ1n) is 4.66. The minimum atomic E-state index is -0.884. The van der Waals surface area contributed by atoms with Crippen molar-refractivity contribution in [1.82, 2.24) is 15.2 Å². The van der Waals surface area contributed by atoms with Crippen molar-refractivity contribution in [1.29, 1.82) is 0 Å². The number of aromatic nitrogens is 1. The highest BCUT2D eigenvalue weighted by Crippen LogP contribution is 2.08. The summed E-state index contributed by atoms with van der Waals surface area (Å²) in [7, 11) is 0. The van der Waals surface area contributed by atoms with E-state index in [0.29, 0.717) is 5.56 Å². The van der Waals surface area contributed by atoms with E-state index in [1.807, 2.05) is 12.2 Å². The predicted octanol–water partition coefficient (Wildman–Crippen LogP) is -0.0316. The second-order valence-corrected chi connectivity index (χ2v) is 3.46. The van der Waals surface area contributed by atoms with E-state index >= 15 is 0 Å². The third-order valence-corrected chi connectivity index (χ3v) is 2.22. The standard InChI is InChI=1S/C10H9N3O3/c1-6-2-3-7(4-11-6)5-13-9(15)8(14)12-10(13)16/h2-4H,5H2,1H3,(H,12,14,16). The molecule has 1 N–H and O–H groups in total. The van der Waals surface area contributed by atoms with Crippen LogP contribution in [0, 0.1) is 6.92 Å². The minimum absolute atomic E-state index is 0.0592. The van der Waals surface area contributed by atoms with Crippen molar-refractivity contribution >= 4 is 17.8 Å². The summed E-state index contributed by atoms with van der Waals surface area (Å²) in [5, 5.41) is 1.93. The van der Waals surface area contributed by atoms with Gasteiger partial charge in [0.2, 0.25) is 0 Å². The molecular formula is C10H9N3O3. The maximum absolute atomic E-state index is 11.3. The Balaban J connectivity index is 2.16. The third kappa shape index (κ3) is 1.77. The molecule has 16 heavy (non-hydrogen) atoms. The maximum Gasteiger partial charge on any atom is 0.331 e. The molecule has 0 spiro atoms. The molecule has 1 fully saturated rings. The zero-order chi connectivity index (χ0) is 11.7. The first-order chi connectivity index (χ1) is 7.58. The molecule has 1 aliphatic rings. The Bertz CT molecular complexity index is 467. The van der Waals surface area contributed by atoms with E-state index in [1.54, 1.807) is 18.3 Å². The van der Waals surface area contributed by atoms with E-state index < -0.39 is 17.8 Å². The molecule has 6 heteroatoms. The van der Waals surface area contributed by atoms with Gasteiger partial charge >= 0.3 is 17.8 Å². The number of nitrogens with zero attached hydrogens (tertiary/aromatic N) is 2. The number of nitrogens with one attached hydrogen (secondary N) is 1. The van der Waals surface area contributed by atoms with Gasteiger partial charge in [0.25, 0.3) is 0 Å². The van der Waals surface area contributed by atoms with E-state index in [0.717, 1.165) is 10.6 Å². The average Bonchev–Trinajstić information content (AvgIpc) is 2.48. The molecular weight excluding hydrogens is 210 g/mol. The molecule has 1 aliphatic heterocycles. The molecule has 1 aromatic heterocycles. The van der Waals surface area contributed by atoms with Gasteiger partial charge in [-0.2, -0.15) is 0 Å². The highest BCUT2D eigenvalue weighted by atomic mass is 16.2. The van der Waals surface area contributed by atoms with Crippen molar-refractivity contribution in [2.45, 2.75) is 13.5 Å². The van der Waals surface area contributed by atoms with Gasteiger partial charge in [0.15, 0.2) is 0 Å². The second kappa shape index (κ2) is 3.73. The van der Waals surface area contributed by atoms with Gasteiger partial charge in [-0.25, -0.2) is 4.79 Å². The number of urea groups is 1. The van der Waals surface area contributed by atoms with Gasteiger partial charge in [-0.05, 0) is 18.6 Å². The Hall–Kier alpha value is -2.24. The Kier molecular flexibility index (Phi) is 2.40. The van der Waals surface area contributed by atoms with E-state index in [1.165, 1.54) is 0 Å². The predicted molar refractivity (Wildman–Crippen MR) is 53.1 cm³/mol. The summed E-state index contributed by atoms with van der Waals surface area (Å²) in [6.07, 6.45) is 1.57. The van der Waals surface area contributed by atoms with Crippen LogP contribution in [0.3, 0.4) is 0 Å². The van der Waals surface area contributed by atoms with Gasteiger partial charge in [0.05, 0.1) is 6.54 Å². The lowest BCUT2D eigenvalue weighted by Crippen LogP contribution is -2.30. The highest BCUT2D eigenvalue weighted by Gasteiger charge is 2.36. The number of hydrogen-bond donors (Lipinski definition) is 1. The van der Waals surface area contributed by atoms with Crippen LogP contribution in [0.2, 0.25) is 0 Å². The van der Waals surface area contributed by atoms with Crippen LogP contribution >= 0.6 is 0 Å². The molecule has 4 amide bonds. The van der Waals surface area contributed by atoms with E-state index in [4.69, 9.17) is 0 Å². The topological polar surface area (TPSA) is 79.4 Å². The minimum Gasteiger partial charge on any atom is -0.269 e. The zero-order valence-electron chi connectivity index (χ0n) is 8.56. The molecule has 82 valence electrons. The summed E-state index contributed by atoms with van der Waals surface area (Å²) < 4.78 is 0. The molecule has 2 heterocycles. The number of pyridine rings is 1. The van der Waals surface area contributed by atoms with Crippen LogP contribution < -0.4 is 5.32 Å². The molecule has 0 saturated carbocycles. The monoisotopic (exact) mass is 219 g/mol. The van der Waals surface area contributed by atoms with Crippen molar-refractivity contribution in [3.63, 3.8) is 0 Å². The largest absolute Gasteiger partial charge is 0.331 e. The maximum atomic E-state index is 11.3. The Labute approximate surface area is 91.3 Å². The van der Waals surface area contributed by atoms with Crippen LogP contribution in [0.25, 0.3) is 0 Å². The molecule has 0 unspecified atom stereocenters. The van der Waals surface area contributed by atoms with Gasteiger partial charge in [0, 0.05) is 11.9 Å². The fourth-order valence-electron chi connectivity index (χ4n) is 1.35. The summed E-state index contributed by atoms with van der Waals surface area (Å²) in [6, 6.07) is 2.84. The smallest absolute Gasteiger partial charge is 0.269 e. The third-order valence-electron chi connectivity index (χ3n) is 2.22. The quantitative estimate of drug-likeness (QED) is 0.559. The normalized spacial score (nSPS) is 15.6. The second-order valence-electron chi connectivity index (χ2n) is 3.46. The number of hydrogen-bond acceptors (Lipinski definition) is 4. The first-order valence-corrected chi connectivity index (χ1v) is 4.66. The molecule has 0 aromatic carbocycles. The van der Waals surface area contributed by atoms with Gasteiger partial charge in [0.1, 0.15) is 0 Å². The zero-order valence-corrected chi connectivity index (χ0v) is 8.56. The van der Waals surface area contributed by atoms with Crippen LogP contribution in [-0.4, -0.2) is 27.7 Å². The lowest BCUT2D eigenvalue weighted by atomic mass is 10.2. The fourth-order valence-corrected chi connectivity index (χ4v) is 1.35. The van der Waals surface area contributed by atoms with Crippen LogP contribution in [0.15, 0.2) is 18.3 Å².